The normalized spacial score (nSPS) is 26.8. The van der Waals surface area contributed by atoms with Crippen LogP contribution in [0.2, 0.25) is 0 Å². The molecular weight excluding hydrogens is 275 g/mol. The van der Waals surface area contributed by atoms with E-state index in [9.17, 15) is 5.11 Å². The number of benzene rings is 2. The third-order valence-electron chi connectivity index (χ3n) is 4.47. The first-order chi connectivity index (χ1) is 10.8. The van der Waals surface area contributed by atoms with E-state index >= 15 is 0 Å². The van der Waals surface area contributed by atoms with Gasteiger partial charge in [0.25, 0.3) is 0 Å². The highest BCUT2D eigenvalue weighted by Crippen LogP contribution is 2.31. The van der Waals surface area contributed by atoms with Crippen molar-refractivity contribution in [1.82, 2.24) is 0 Å². The molecular formula is C17H18BN2O2. The smallest absolute Gasteiger partial charge is 0.196 e. The predicted octanol–water partition coefficient (Wildman–Crippen LogP) is -0.120. The molecule has 2 aromatic carbocycles. The Kier molecular flexibility index (Phi) is 3.41. The second-order valence-corrected chi connectivity index (χ2v) is 5.89. The zero-order chi connectivity index (χ0) is 15.1. The van der Waals surface area contributed by atoms with Crippen LogP contribution in [0.3, 0.4) is 0 Å². The summed E-state index contributed by atoms with van der Waals surface area (Å²) in [5.41, 5.74) is 10.5. The van der Waals surface area contributed by atoms with Crippen LogP contribution in [0.5, 0.6) is 0 Å². The largest absolute Gasteiger partial charge is 0.389 e. The van der Waals surface area contributed by atoms with E-state index in [1.165, 1.54) is 0 Å². The molecule has 1 radical (unpaired) electrons. The predicted molar refractivity (Wildman–Crippen MR) is 88.6 cm³/mol. The highest BCUT2D eigenvalue weighted by atomic mass is 16.5. The van der Waals surface area contributed by atoms with Crippen molar-refractivity contribution in [3.63, 3.8) is 0 Å². The monoisotopic (exact) mass is 293 g/mol. The van der Waals surface area contributed by atoms with Gasteiger partial charge in [0.05, 0.1) is 31.4 Å². The van der Waals surface area contributed by atoms with E-state index in [-0.39, 0.29) is 12.1 Å². The number of nitrogens with zero attached hydrogens (tertiary/aromatic N) is 1. The first-order valence-electron chi connectivity index (χ1n) is 7.59. The molecule has 3 N–H and O–H groups in total. The molecule has 22 heavy (non-hydrogen) atoms. The average molecular weight is 293 g/mol. The fraction of sp³-hybridized carbons (Fsp3) is 0.294. The molecule has 3 atom stereocenters. The maximum Gasteiger partial charge on any atom is 0.196 e. The van der Waals surface area contributed by atoms with Crippen LogP contribution in [0.4, 0.5) is 11.4 Å². The lowest BCUT2D eigenvalue weighted by atomic mass is 9.60. The summed E-state index contributed by atoms with van der Waals surface area (Å²) in [5.74, 6) is 0. The van der Waals surface area contributed by atoms with E-state index in [1.807, 2.05) is 24.3 Å². The summed E-state index contributed by atoms with van der Waals surface area (Å²) in [7, 11) is 2.18. The zero-order valence-electron chi connectivity index (χ0n) is 12.2. The molecule has 5 heteroatoms. The van der Waals surface area contributed by atoms with Crippen LogP contribution in [-0.2, 0) is 4.74 Å². The molecule has 0 spiro atoms. The molecule has 3 unspecified atom stereocenters. The fourth-order valence-electron chi connectivity index (χ4n) is 3.35. The summed E-state index contributed by atoms with van der Waals surface area (Å²) in [6.07, 6.45) is -0.618. The molecule has 0 aromatic heterocycles. The quantitative estimate of drug-likeness (QED) is 0.720. The number of hydrogen-bond acceptors (Lipinski definition) is 4. The summed E-state index contributed by atoms with van der Waals surface area (Å²) in [6.45, 7) is 0.873. The van der Waals surface area contributed by atoms with E-state index in [2.05, 4.69) is 36.4 Å². The van der Waals surface area contributed by atoms with Gasteiger partial charge in [-0.05, 0) is 12.1 Å². The van der Waals surface area contributed by atoms with Crippen molar-refractivity contribution in [2.24, 2.45) is 5.73 Å². The zero-order valence-corrected chi connectivity index (χ0v) is 12.2. The van der Waals surface area contributed by atoms with Gasteiger partial charge in [-0.25, -0.2) is 0 Å². The summed E-state index contributed by atoms with van der Waals surface area (Å²) in [4.78, 5) is 2.17. The molecule has 1 saturated heterocycles. The lowest BCUT2D eigenvalue weighted by Gasteiger charge is -2.44. The number of para-hydroxylation sites is 2. The molecule has 0 saturated carbocycles. The molecule has 4 rings (SSSR count). The van der Waals surface area contributed by atoms with Gasteiger partial charge in [-0.3, -0.25) is 0 Å². The lowest BCUT2D eigenvalue weighted by Crippen LogP contribution is -2.60. The number of aliphatic hydroxyl groups is 1. The molecule has 2 aliphatic heterocycles. The Balaban J connectivity index is 1.84. The Morgan fingerprint density at radius 3 is 2.23 bits per heavy atom. The standard InChI is InChI=1S/C17H18BN2O2/c19-13-9-22-10-16(17(13)21)20-14-7-3-1-5-11(14)18-12-6-2-4-8-15(12)20/h1-8,13,16-17,21H,9-10,19H2. The summed E-state index contributed by atoms with van der Waals surface area (Å²) < 4.78 is 5.61. The molecule has 0 aliphatic carbocycles. The number of ether oxygens (including phenoxy) is 1. The number of hydrogen-bond donors (Lipinski definition) is 2. The first-order valence-corrected chi connectivity index (χ1v) is 7.59. The highest BCUT2D eigenvalue weighted by Gasteiger charge is 2.38. The van der Waals surface area contributed by atoms with Crippen LogP contribution in [0.25, 0.3) is 0 Å². The summed E-state index contributed by atoms with van der Waals surface area (Å²) in [6, 6.07) is 15.9. The van der Waals surface area contributed by atoms with Crippen molar-refractivity contribution in [2.75, 3.05) is 18.1 Å². The van der Waals surface area contributed by atoms with E-state index < -0.39 is 6.10 Å². The van der Waals surface area contributed by atoms with Crippen molar-refractivity contribution < 1.29 is 9.84 Å². The Morgan fingerprint density at radius 1 is 1.00 bits per heavy atom. The minimum Gasteiger partial charge on any atom is -0.389 e. The Labute approximate surface area is 130 Å². The van der Waals surface area contributed by atoms with Gasteiger partial charge in [-0.1, -0.05) is 47.3 Å². The Morgan fingerprint density at radius 2 is 1.59 bits per heavy atom. The van der Waals surface area contributed by atoms with Gasteiger partial charge in [0.1, 0.15) is 0 Å². The van der Waals surface area contributed by atoms with Crippen molar-refractivity contribution >= 4 is 29.6 Å². The first kappa shape index (κ1) is 13.8. The van der Waals surface area contributed by atoms with Crippen molar-refractivity contribution in [2.45, 2.75) is 18.2 Å². The minimum absolute atomic E-state index is 0.181. The molecule has 2 aromatic rings. The van der Waals surface area contributed by atoms with Gasteiger partial charge in [0.15, 0.2) is 7.28 Å². The highest BCUT2D eigenvalue weighted by molar-refractivity contribution is 6.71. The van der Waals surface area contributed by atoms with Crippen molar-refractivity contribution in [3.8, 4) is 0 Å². The van der Waals surface area contributed by atoms with Gasteiger partial charge in [0.2, 0.25) is 0 Å². The Bertz CT molecular complexity index is 648. The maximum atomic E-state index is 10.6. The lowest BCUT2D eigenvalue weighted by molar-refractivity contribution is -0.0192. The Hall–Kier alpha value is -1.82. The third-order valence-corrected chi connectivity index (χ3v) is 4.47. The van der Waals surface area contributed by atoms with Crippen molar-refractivity contribution in [1.29, 1.82) is 0 Å². The van der Waals surface area contributed by atoms with Crippen LogP contribution >= 0.6 is 0 Å². The molecule has 4 nitrogen and oxygen atoms in total. The van der Waals surface area contributed by atoms with E-state index in [1.54, 1.807) is 0 Å². The van der Waals surface area contributed by atoms with Gasteiger partial charge in [-0.2, -0.15) is 0 Å². The SMILES string of the molecule is NC1COCC(N2c3ccccc3[B]c3ccccc32)C1O. The van der Waals surface area contributed by atoms with Gasteiger partial charge in [0, 0.05) is 11.4 Å². The topological polar surface area (TPSA) is 58.7 Å². The van der Waals surface area contributed by atoms with Crippen LogP contribution in [0.1, 0.15) is 0 Å². The van der Waals surface area contributed by atoms with Crippen LogP contribution in [0, 0.1) is 0 Å². The molecule has 2 aliphatic rings. The second kappa shape index (κ2) is 5.43. The van der Waals surface area contributed by atoms with E-state index in [0.29, 0.717) is 13.2 Å². The van der Waals surface area contributed by atoms with Gasteiger partial charge in [-0.15, -0.1) is 0 Å². The minimum atomic E-state index is -0.618. The average Bonchev–Trinajstić information content (AvgIpc) is 2.55. The van der Waals surface area contributed by atoms with Crippen LogP contribution < -0.4 is 21.6 Å². The number of aliphatic hydroxyl groups excluding tert-OH is 1. The molecule has 1 fully saturated rings. The summed E-state index contributed by atoms with van der Waals surface area (Å²) in [5, 5.41) is 10.6. The molecule has 0 bridgehead atoms. The number of nitrogens with two attached hydrogens (primary N) is 1. The maximum absolute atomic E-state index is 10.6. The van der Waals surface area contributed by atoms with E-state index in [4.69, 9.17) is 10.5 Å². The van der Waals surface area contributed by atoms with Crippen LogP contribution in [0.15, 0.2) is 48.5 Å². The van der Waals surface area contributed by atoms with Crippen molar-refractivity contribution in [3.05, 3.63) is 48.5 Å². The van der Waals surface area contributed by atoms with E-state index in [0.717, 1.165) is 22.3 Å². The fourth-order valence-corrected chi connectivity index (χ4v) is 3.35. The number of anilines is 2. The molecule has 2 heterocycles. The summed E-state index contributed by atoms with van der Waals surface area (Å²) >= 11 is 0. The number of fused-ring (bicyclic) bond motifs is 2. The number of rotatable bonds is 1. The van der Waals surface area contributed by atoms with Gasteiger partial charge < -0.3 is 20.5 Å². The van der Waals surface area contributed by atoms with Gasteiger partial charge >= 0.3 is 0 Å². The van der Waals surface area contributed by atoms with Crippen LogP contribution in [-0.4, -0.2) is 43.8 Å². The molecule has 0 amide bonds. The third kappa shape index (κ3) is 2.13. The molecule has 111 valence electrons. The second-order valence-electron chi connectivity index (χ2n) is 5.89.